The van der Waals surface area contributed by atoms with Crippen LogP contribution >= 0.6 is 0 Å². The molecule has 2 heterocycles. The predicted octanol–water partition coefficient (Wildman–Crippen LogP) is 4.64. The Hall–Kier alpha value is -1.95. The van der Waals surface area contributed by atoms with Crippen molar-refractivity contribution in [2.45, 2.75) is 64.0 Å². The number of aromatic nitrogens is 2. The number of rotatable bonds is 4. The lowest BCUT2D eigenvalue weighted by molar-refractivity contribution is 0.0274. The van der Waals surface area contributed by atoms with Gasteiger partial charge in [-0.05, 0) is 63.7 Å². The fourth-order valence-corrected chi connectivity index (χ4v) is 4.48. The number of fused-ring (bicyclic) bond motifs is 1. The Morgan fingerprint density at radius 2 is 2.07 bits per heavy atom. The summed E-state index contributed by atoms with van der Waals surface area (Å²) < 4.78 is 26.3. The van der Waals surface area contributed by atoms with Gasteiger partial charge >= 0.3 is 0 Å². The minimum Gasteiger partial charge on any atom is -0.490 e. The van der Waals surface area contributed by atoms with Crippen molar-refractivity contribution in [3.05, 3.63) is 29.9 Å². The minimum atomic E-state index is -0.391. The molecule has 1 aliphatic carbocycles. The summed E-state index contributed by atoms with van der Waals surface area (Å²) in [5.74, 6) is 1.72. The van der Waals surface area contributed by atoms with Crippen molar-refractivity contribution >= 4 is 0 Å². The van der Waals surface area contributed by atoms with E-state index in [0.29, 0.717) is 29.2 Å². The summed E-state index contributed by atoms with van der Waals surface area (Å²) in [6.07, 6.45) is 5.94. The maximum Gasteiger partial charge on any atom is 0.250 e. The fraction of sp³-hybridized carbons (Fsp3) is 0.619. The van der Waals surface area contributed by atoms with Crippen molar-refractivity contribution in [2.75, 3.05) is 13.6 Å². The Kier molecular flexibility index (Phi) is 5.17. The first-order valence-electron chi connectivity index (χ1n) is 10.0. The molecule has 146 valence electrons. The lowest BCUT2D eigenvalue weighted by atomic mass is 9.77. The minimum absolute atomic E-state index is 0.117. The Labute approximate surface area is 159 Å². The molecule has 0 N–H and O–H groups in total. The smallest absolute Gasteiger partial charge is 0.250 e. The first-order valence-corrected chi connectivity index (χ1v) is 10.0. The van der Waals surface area contributed by atoms with Crippen LogP contribution in [0, 0.1) is 11.7 Å². The number of hydrogen-bond donors (Lipinski definition) is 0. The molecule has 1 aromatic carbocycles. The van der Waals surface area contributed by atoms with Crippen LogP contribution in [0.5, 0.6) is 5.75 Å². The Morgan fingerprint density at radius 1 is 1.22 bits per heavy atom. The highest BCUT2D eigenvalue weighted by molar-refractivity contribution is 5.55. The third kappa shape index (κ3) is 3.86. The van der Waals surface area contributed by atoms with Crippen LogP contribution in [0.1, 0.15) is 57.8 Å². The van der Waals surface area contributed by atoms with Gasteiger partial charge in [0.2, 0.25) is 5.89 Å². The van der Waals surface area contributed by atoms with E-state index in [1.807, 2.05) is 13.8 Å². The van der Waals surface area contributed by atoms with E-state index in [1.54, 1.807) is 12.1 Å². The van der Waals surface area contributed by atoms with Gasteiger partial charge in [-0.3, -0.25) is 0 Å². The van der Waals surface area contributed by atoms with Gasteiger partial charge in [-0.25, -0.2) is 4.39 Å². The quantitative estimate of drug-likeness (QED) is 0.781. The molecule has 3 atom stereocenters. The van der Waals surface area contributed by atoms with Gasteiger partial charge in [0.15, 0.2) is 0 Å². The van der Waals surface area contributed by atoms with Gasteiger partial charge in [0.25, 0.3) is 5.89 Å². The van der Waals surface area contributed by atoms with Gasteiger partial charge < -0.3 is 14.1 Å². The molecule has 1 saturated carbocycles. The molecule has 6 heteroatoms. The second-order valence-electron chi connectivity index (χ2n) is 8.24. The van der Waals surface area contributed by atoms with Crippen LogP contribution < -0.4 is 4.74 Å². The number of halogens is 1. The average Bonchev–Trinajstić information content (AvgIpc) is 3.12. The van der Waals surface area contributed by atoms with Crippen LogP contribution in [0.25, 0.3) is 11.5 Å². The molecule has 2 aliphatic rings. The second kappa shape index (κ2) is 7.58. The molecule has 0 amide bonds. The van der Waals surface area contributed by atoms with E-state index in [0.717, 1.165) is 19.3 Å². The van der Waals surface area contributed by atoms with E-state index in [9.17, 15) is 4.39 Å². The molecular weight excluding hydrogens is 345 g/mol. The topological polar surface area (TPSA) is 51.4 Å². The van der Waals surface area contributed by atoms with Crippen LogP contribution in [0.3, 0.4) is 0 Å². The van der Waals surface area contributed by atoms with Crippen molar-refractivity contribution in [1.29, 1.82) is 0 Å². The molecule has 3 unspecified atom stereocenters. The zero-order chi connectivity index (χ0) is 19.0. The lowest BCUT2D eigenvalue weighted by Crippen LogP contribution is -2.47. The molecular formula is C21H28FN3O2. The molecule has 0 spiro atoms. The average molecular weight is 373 g/mol. The third-order valence-electron chi connectivity index (χ3n) is 5.95. The highest BCUT2D eigenvalue weighted by Gasteiger charge is 2.35. The Bertz CT molecular complexity index is 791. The third-order valence-corrected chi connectivity index (χ3v) is 5.95. The largest absolute Gasteiger partial charge is 0.490 e. The summed E-state index contributed by atoms with van der Waals surface area (Å²) in [5, 5.41) is 7.94. The summed E-state index contributed by atoms with van der Waals surface area (Å²) in [6.45, 7) is 5.13. The summed E-state index contributed by atoms with van der Waals surface area (Å²) in [7, 11) is 2.23. The highest BCUT2D eigenvalue weighted by atomic mass is 19.1. The van der Waals surface area contributed by atoms with Gasteiger partial charge in [-0.1, -0.05) is 13.8 Å². The van der Waals surface area contributed by atoms with Crippen LogP contribution in [0.15, 0.2) is 22.6 Å². The molecule has 2 aromatic rings. The number of likely N-dealkylation sites (tertiary alicyclic amines) is 1. The summed E-state index contributed by atoms with van der Waals surface area (Å²) in [4.78, 5) is 2.49. The van der Waals surface area contributed by atoms with E-state index in [-0.39, 0.29) is 17.9 Å². The number of hydrogen-bond acceptors (Lipinski definition) is 5. The van der Waals surface area contributed by atoms with Crippen LogP contribution in [0.4, 0.5) is 4.39 Å². The molecule has 5 nitrogen and oxygen atoms in total. The molecule has 27 heavy (non-hydrogen) atoms. The monoisotopic (exact) mass is 373 g/mol. The first-order chi connectivity index (χ1) is 13.0. The zero-order valence-corrected chi connectivity index (χ0v) is 16.3. The number of ether oxygens (including phenoxy) is 1. The van der Waals surface area contributed by atoms with Crippen molar-refractivity contribution in [3.8, 4) is 17.2 Å². The van der Waals surface area contributed by atoms with Crippen LogP contribution in [0.2, 0.25) is 0 Å². The van der Waals surface area contributed by atoms with Crippen molar-refractivity contribution < 1.29 is 13.5 Å². The normalized spacial score (nSPS) is 26.2. The van der Waals surface area contributed by atoms with E-state index in [2.05, 4.69) is 22.1 Å². The van der Waals surface area contributed by atoms with Gasteiger partial charge in [0.1, 0.15) is 11.6 Å². The van der Waals surface area contributed by atoms with E-state index in [1.165, 1.54) is 25.5 Å². The van der Waals surface area contributed by atoms with E-state index in [4.69, 9.17) is 9.15 Å². The van der Waals surface area contributed by atoms with Gasteiger partial charge in [-0.2, -0.15) is 0 Å². The van der Waals surface area contributed by atoms with Crippen LogP contribution in [-0.4, -0.2) is 40.8 Å². The van der Waals surface area contributed by atoms with Crippen molar-refractivity contribution in [3.63, 3.8) is 0 Å². The van der Waals surface area contributed by atoms with E-state index < -0.39 is 5.82 Å². The summed E-state index contributed by atoms with van der Waals surface area (Å²) >= 11 is 0. The number of nitrogens with zero attached hydrogens (tertiary/aromatic N) is 3. The highest BCUT2D eigenvalue weighted by Crippen LogP contribution is 2.36. The maximum absolute atomic E-state index is 14.6. The predicted molar refractivity (Wildman–Crippen MR) is 101 cm³/mol. The van der Waals surface area contributed by atoms with E-state index >= 15 is 0 Å². The fourth-order valence-electron chi connectivity index (χ4n) is 4.48. The molecule has 4 rings (SSSR count). The molecule has 2 fully saturated rings. The lowest BCUT2D eigenvalue weighted by Gasteiger charge is -2.44. The standard InChI is InChI=1S/C21H28FN3O2/c1-13(2)20-23-24-21(27-20)17-8-6-16(12-18(17)22)26-15-7-9-19-14(11-15)5-4-10-25(19)3/h6,8,12-15,19H,4-5,7,9-11H2,1-3H3. The summed E-state index contributed by atoms with van der Waals surface area (Å²) in [5.41, 5.74) is 0.319. The molecule has 0 bridgehead atoms. The Morgan fingerprint density at radius 3 is 2.81 bits per heavy atom. The number of piperidine rings is 1. The SMILES string of the molecule is CC(C)c1nnc(-c2ccc(OC3CCC4C(CCCN4C)C3)cc2F)o1. The number of benzene rings is 1. The van der Waals surface area contributed by atoms with Gasteiger partial charge in [-0.15, -0.1) is 10.2 Å². The van der Waals surface area contributed by atoms with Gasteiger partial charge in [0, 0.05) is 18.0 Å². The Balaban J connectivity index is 1.43. The summed E-state index contributed by atoms with van der Waals surface area (Å²) in [6, 6.07) is 5.59. The second-order valence-corrected chi connectivity index (χ2v) is 8.24. The molecule has 1 aliphatic heterocycles. The molecule has 1 aromatic heterocycles. The first kappa shape index (κ1) is 18.4. The molecule has 0 radical (unpaired) electrons. The molecule has 1 saturated heterocycles. The van der Waals surface area contributed by atoms with Crippen molar-refractivity contribution in [1.82, 2.24) is 15.1 Å². The van der Waals surface area contributed by atoms with Gasteiger partial charge in [0.05, 0.1) is 11.7 Å². The zero-order valence-electron chi connectivity index (χ0n) is 16.3. The maximum atomic E-state index is 14.6. The van der Waals surface area contributed by atoms with Crippen molar-refractivity contribution in [2.24, 2.45) is 5.92 Å². The van der Waals surface area contributed by atoms with Crippen LogP contribution in [-0.2, 0) is 0 Å².